The molecule has 0 spiro atoms. The van der Waals surface area contributed by atoms with Crippen molar-refractivity contribution in [1.82, 2.24) is 4.90 Å². The Bertz CT molecular complexity index is 132. The van der Waals surface area contributed by atoms with E-state index in [1.54, 1.807) is 0 Å². The van der Waals surface area contributed by atoms with E-state index in [-0.39, 0.29) is 5.54 Å². The van der Waals surface area contributed by atoms with E-state index in [9.17, 15) is 0 Å². The first-order valence-corrected chi connectivity index (χ1v) is 5.49. The Kier molecular flexibility index (Phi) is 5.57. The molecule has 0 aliphatic heterocycles. The highest BCUT2D eigenvalue weighted by Gasteiger charge is 2.21. The van der Waals surface area contributed by atoms with E-state index in [1.807, 2.05) is 0 Å². The van der Waals surface area contributed by atoms with Gasteiger partial charge in [0, 0.05) is 18.1 Å². The van der Waals surface area contributed by atoms with E-state index in [4.69, 9.17) is 5.73 Å². The van der Waals surface area contributed by atoms with Crippen LogP contribution in [0.25, 0.3) is 0 Å². The first-order chi connectivity index (χ1) is 5.96. The lowest BCUT2D eigenvalue weighted by molar-refractivity contribution is 0.169. The summed E-state index contributed by atoms with van der Waals surface area (Å²) >= 11 is 0. The molecule has 0 aliphatic carbocycles. The molecule has 0 bridgehead atoms. The van der Waals surface area contributed by atoms with Crippen LogP contribution in [0.15, 0.2) is 0 Å². The van der Waals surface area contributed by atoms with Crippen molar-refractivity contribution in [3.8, 4) is 0 Å². The van der Waals surface area contributed by atoms with Gasteiger partial charge in [-0.1, -0.05) is 20.8 Å². The Morgan fingerprint density at radius 3 is 2.15 bits per heavy atom. The highest BCUT2D eigenvalue weighted by Crippen LogP contribution is 2.11. The average molecular weight is 186 g/mol. The molecule has 0 aromatic heterocycles. The third-order valence-electron chi connectivity index (χ3n) is 2.99. The Hall–Kier alpha value is -0.0800. The van der Waals surface area contributed by atoms with E-state index >= 15 is 0 Å². The normalized spacial score (nSPS) is 18.7. The fourth-order valence-corrected chi connectivity index (χ4v) is 1.41. The van der Waals surface area contributed by atoms with Crippen LogP contribution < -0.4 is 5.73 Å². The highest BCUT2D eigenvalue weighted by atomic mass is 15.2. The number of hydrogen-bond acceptors (Lipinski definition) is 2. The molecule has 0 rings (SSSR count). The molecule has 0 aliphatic rings. The summed E-state index contributed by atoms with van der Waals surface area (Å²) in [5.41, 5.74) is 6.11. The summed E-state index contributed by atoms with van der Waals surface area (Å²) in [7, 11) is 0. The molecule has 2 atom stereocenters. The molecular weight excluding hydrogens is 160 g/mol. The molecule has 0 aromatic rings. The van der Waals surface area contributed by atoms with Gasteiger partial charge in [0.2, 0.25) is 0 Å². The highest BCUT2D eigenvalue weighted by molar-refractivity contribution is 4.82. The van der Waals surface area contributed by atoms with Crippen LogP contribution in [0.2, 0.25) is 0 Å². The van der Waals surface area contributed by atoms with Crippen LogP contribution in [-0.4, -0.2) is 29.6 Å². The van der Waals surface area contributed by atoms with Crippen LogP contribution in [0, 0.1) is 0 Å². The van der Waals surface area contributed by atoms with Gasteiger partial charge in [0.25, 0.3) is 0 Å². The maximum atomic E-state index is 6.14. The molecule has 0 heterocycles. The van der Waals surface area contributed by atoms with Gasteiger partial charge in [-0.2, -0.15) is 0 Å². The topological polar surface area (TPSA) is 29.3 Å². The molecule has 0 saturated carbocycles. The summed E-state index contributed by atoms with van der Waals surface area (Å²) in [6.07, 6.45) is 2.24. The first-order valence-electron chi connectivity index (χ1n) is 5.49. The largest absolute Gasteiger partial charge is 0.324 e. The van der Waals surface area contributed by atoms with Crippen LogP contribution in [-0.2, 0) is 0 Å². The second-order valence-electron chi connectivity index (χ2n) is 4.33. The SMILES string of the molecule is CCC(C)N(CC)CC(C)(N)CC. The van der Waals surface area contributed by atoms with Crippen molar-refractivity contribution in [3.63, 3.8) is 0 Å². The summed E-state index contributed by atoms with van der Waals surface area (Å²) in [5.74, 6) is 0. The number of hydrogen-bond donors (Lipinski definition) is 1. The van der Waals surface area contributed by atoms with Gasteiger partial charge in [0.05, 0.1) is 0 Å². The van der Waals surface area contributed by atoms with Gasteiger partial charge < -0.3 is 5.73 Å². The lowest BCUT2D eigenvalue weighted by atomic mass is 9.99. The molecule has 2 N–H and O–H groups in total. The molecule has 80 valence electrons. The van der Waals surface area contributed by atoms with Crippen LogP contribution in [0.4, 0.5) is 0 Å². The van der Waals surface area contributed by atoms with E-state index < -0.39 is 0 Å². The summed E-state index contributed by atoms with van der Waals surface area (Å²) in [4.78, 5) is 2.46. The Balaban J connectivity index is 4.11. The van der Waals surface area contributed by atoms with Gasteiger partial charge in [-0.05, 0) is 33.2 Å². The molecule has 2 unspecified atom stereocenters. The van der Waals surface area contributed by atoms with Gasteiger partial charge in [0.1, 0.15) is 0 Å². The van der Waals surface area contributed by atoms with Crippen molar-refractivity contribution in [2.45, 2.75) is 59.0 Å². The second-order valence-corrected chi connectivity index (χ2v) is 4.33. The van der Waals surface area contributed by atoms with Gasteiger partial charge in [-0.3, -0.25) is 4.90 Å². The molecule has 0 aromatic carbocycles. The molecular formula is C11H26N2. The third kappa shape index (κ3) is 4.63. The van der Waals surface area contributed by atoms with Crippen molar-refractivity contribution in [2.75, 3.05) is 13.1 Å². The van der Waals surface area contributed by atoms with Crippen molar-refractivity contribution >= 4 is 0 Å². The minimum Gasteiger partial charge on any atom is -0.324 e. The maximum Gasteiger partial charge on any atom is 0.0252 e. The zero-order chi connectivity index (χ0) is 10.5. The first kappa shape index (κ1) is 12.9. The standard InChI is InChI=1S/C11H26N2/c1-6-10(4)13(8-3)9-11(5,12)7-2/h10H,6-9,12H2,1-5H3. The molecule has 0 fully saturated rings. The molecule has 2 heteroatoms. The van der Waals surface area contributed by atoms with Crippen molar-refractivity contribution in [2.24, 2.45) is 5.73 Å². The van der Waals surface area contributed by atoms with E-state index in [1.165, 1.54) is 6.42 Å². The number of rotatable bonds is 6. The quantitative estimate of drug-likeness (QED) is 0.689. The monoisotopic (exact) mass is 186 g/mol. The van der Waals surface area contributed by atoms with Crippen molar-refractivity contribution in [3.05, 3.63) is 0 Å². The van der Waals surface area contributed by atoms with Crippen LogP contribution in [0.3, 0.4) is 0 Å². The van der Waals surface area contributed by atoms with Gasteiger partial charge in [-0.25, -0.2) is 0 Å². The predicted molar refractivity (Wildman–Crippen MR) is 59.9 cm³/mol. The fourth-order valence-electron chi connectivity index (χ4n) is 1.41. The summed E-state index contributed by atoms with van der Waals surface area (Å²) in [6.45, 7) is 13.1. The number of nitrogens with two attached hydrogens (primary N) is 1. The number of nitrogens with zero attached hydrogens (tertiary/aromatic N) is 1. The van der Waals surface area contributed by atoms with Crippen molar-refractivity contribution < 1.29 is 0 Å². The van der Waals surface area contributed by atoms with Gasteiger partial charge in [-0.15, -0.1) is 0 Å². The molecule has 0 amide bonds. The molecule has 13 heavy (non-hydrogen) atoms. The Morgan fingerprint density at radius 2 is 1.85 bits per heavy atom. The zero-order valence-corrected chi connectivity index (χ0v) is 9.93. The van der Waals surface area contributed by atoms with Gasteiger partial charge in [0.15, 0.2) is 0 Å². The van der Waals surface area contributed by atoms with E-state index in [2.05, 4.69) is 39.5 Å². The lowest BCUT2D eigenvalue weighted by Crippen LogP contribution is -2.49. The lowest BCUT2D eigenvalue weighted by Gasteiger charge is -2.34. The predicted octanol–water partition coefficient (Wildman–Crippen LogP) is 2.23. The van der Waals surface area contributed by atoms with Crippen LogP contribution >= 0.6 is 0 Å². The van der Waals surface area contributed by atoms with Crippen LogP contribution in [0.5, 0.6) is 0 Å². The third-order valence-corrected chi connectivity index (χ3v) is 2.99. The summed E-state index contributed by atoms with van der Waals surface area (Å²) in [5, 5.41) is 0. The average Bonchev–Trinajstić information content (AvgIpc) is 2.13. The van der Waals surface area contributed by atoms with Crippen molar-refractivity contribution in [1.29, 1.82) is 0 Å². The van der Waals surface area contributed by atoms with E-state index in [0.717, 1.165) is 19.5 Å². The zero-order valence-electron chi connectivity index (χ0n) is 9.93. The Morgan fingerprint density at radius 1 is 1.31 bits per heavy atom. The Labute approximate surface area is 83.5 Å². The van der Waals surface area contributed by atoms with Gasteiger partial charge >= 0.3 is 0 Å². The summed E-state index contributed by atoms with van der Waals surface area (Å²) < 4.78 is 0. The van der Waals surface area contributed by atoms with Crippen LogP contribution in [0.1, 0.15) is 47.5 Å². The molecule has 0 radical (unpaired) electrons. The minimum absolute atomic E-state index is 0.0283. The second kappa shape index (κ2) is 5.61. The molecule has 0 saturated heterocycles. The summed E-state index contributed by atoms with van der Waals surface area (Å²) in [6, 6.07) is 0.652. The fraction of sp³-hybridized carbons (Fsp3) is 1.00. The smallest absolute Gasteiger partial charge is 0.0252 e. The minimum atomic E-state index is -0.0283. The molecule has 2 nitrogen and oxygen atoms in total. The van der Waals surface area contributed by atoms with E-state index in [0.29, 0.717) is 6.04 Å². The number of likely N-dealkylation sites (N-methyl/N-ethyl adjacent to an activating group) is 1. The maximum absolute atomic E-state index is 6.14.